The summed E-state index contributed by atoms with van der Waals surface area (Å²) in [7, 11) is 2.74. The smallest absolute Gasteiger partial charge is 0.354 e. The number of anilines is 1. The van der Waals surface area contributed by atoms with Gasteiger partial charge in [-0.25, -0.2) is 0 Å². The van der Waals surface area contributed by atoms with Crippen molar-refractivity contribution in [1.29, 1.82) is 0 Å². The topological polar surface area (TPSA) is 46.8 Å². The average molecular weight is 339 g/mol. The largest absolute Gasteiger partial charge is 0.435 e. The van der Waals surface area contributed by atoms with Gasteiger partial charge in [0.05, 0.1) is 0 Å². The van der Waals surface area contributed by atoms with E-state index in [1.54, 1.807) is 0 Å². The molecule has 0 saturated heterocycles. The van der Waals surface area contributed by atoms with E-state index in [9.17, 15) is 26.3 Å². The van der Waals surface area contributed by atoms with Gasteiger partial charge in [-0.2, -0.15) is 31.4 Å². The van der Waals surface area contributed by atoms with Crippen LogP contribution in [0, 0.1) is 0 Å². The molecule has 5 nitrogen and oxygen atoms in total. The summed E-state index contributed by atoms with van der Waals surface area (Å²) in [6.45, 7) is -0.233. The first-order valence-electron chi connectivity index (χ1n) is 6.20. The molecule has 11 heteroatoms. The van der Waals surface area contributed by atoms with E-state index >= 15 is 0 Å². The van der Waals surface area contributed by atoms with Gasteiger partial charge in [-0.1, -0.05) is 0 Å². The summed E-state index contributed by atoms with van der Waals surface area (Å²) < 4.78 is 76.8. The maximum atomic E-state index is 12.9. The fourth-order valence-electron chi connectivity index (χ4n) is 1.91. The van der Waals surface area contributed by atoms with Crippen molar-refractivity contribution in [3.8, 4) is 0 Å². The lowest BCUT2D eigenvalue weighted by Crippen LogP contribution is -2.21. The Kier molecular flexibility index (Phi) is 4.22. The van der Waals surface area contributed by atoms with Crippen molar-refractivity contribution in [2.45, 2.75) is 18.9 Å². The molecule has 23 heavy (non-hydrogen) atoms. The number of alkyl halides is 6. The molecule has 2 aromatic rings. The molecule has 0 aliphatic carbocycles. The van der Waals surface area contributed by atoms with Crippen LogP contribution in [0.25, 0.3) is 0 Å². The fourth-order valence-corrected chi connectivity index (χ4v) is 1.91. The molecule has 0 bridgehead atoms. The number of aromatic nitrogens is 4. The maximum Gasteiger partial charge on any atom is 0.435 e. The standard InChI is InChI=1S/C12H11F6N5/c1-22(9-4-3-8(19-20-9)11(13,14)15)5-7-6-23(2)21-10(7)12(16,17)18/h3-4,6H,5H2,1-2H3. The van der Waals surface area contributed by atoms with E-state index in [1.165, 1.54) is 25.2 Å². The zero-order valence-electron chi connectivity index (χ0n) is 11.9. The zero-order valence-corrected chi connectivity index (χ0v) is 11.9. The van der Waals surface area contributed by atoms with E-state index in [0.29, 0.717) is 6.07 Å². The number of hydrogen-bond donors (Lipinski definition) is 0. The summed E-state index contributed by atoms with van der Waals surface area (Å²) in [5.74, 6) is 0.00924. The molecule has 2 aromatic heterocycles. The third-order valence-corrected chi connectivity index (χ3v) is 2.91. The van der Waals surface area contributed by atoms with Crippen molar-refractivity contribution in [2.24, 2.45) is 7.05 Å². The van der Waals surface area contributed by atoms with Gasteiger partial charge in [-0.15, -0.1) is 10.2 Å². The Morgan fingerprint density at radius 1 is 1.04 bits per heavy atom. The molecule has 0 unspecified atom stereocenters. The second-order valence-corrected chi connectivity index (χ2v) is 4.80. The lowest BCUT2D eigenvalue weighted by molar-refractivity contribution is -0.142. The summed E-state index contributed by atoms with van der Waals surface area (Å²) >= 11 is 0. The first-order valence-corrected chi connectivity index (χ1v) is 6.20. The highest BCUT2D eigenvalue weighted by Gasteiger charge is 2.37. The average Bonchev–Trinajstić information content (AvgIpc) is 2.79. The van der Waals surface area contributed by atoms with E-state index in [2.05, 4.69) is 15.3 Å². The quantitative estimate of drug-likeness (QED) is 0.807. The Morgan fingerprint density at radius 3 is 2.17 bits per heavy atom. The molecule has 0 fully saturated rings. The Bertz CT molecular complexity index is 673. The fraction of sp³-hybridized carbons (Fsp3) is 0.417. The molecular weight excluding hydrogens is 328 g/mol. The minimum atomic E-state index is -4.63. The first kappa shape index (κ1) is 17.0. The van der Waals surface area contributed by atoms with Crippen molar-refractivity contribution in [1.82, 2.24) is 20.0 Å². The minimum absolute atomic E-state index is 0.00924. The molecule has 0 amide bonds. The van der Waals surface area contributed by atoms with Gasteiger partial charge in [0.2, 0.25) is 0 Å². The Labute approximate surface area is 126 Å². The molecule has 2 rings (SSSR count). The molecule has 0 atom stereocenters. The Balaban J connectivity index is 2.21. The molecule has 0 radical (unpaired) electrons. The summed E-state index contributed by atoms with van der Waals surface area (Å²) in [5.41, 5.74) is -2.34. The van der Waals surface area contributed by atoms with Crippen LogP contribution >= 0.6 is 0 Å². The van der Waals surface area contributed by atoms with Gasteiger partial charge in [-0.3, -0.25) is 4.68 Å². The van der Waals surface area contributed by atoms with E-state index in [0.717, 1.165) is 10.7 Å². The second kappa shape index (κ2) is 5.70. The monoisotopic (exact) mass is 339 g/mol. The summed E-state index contributed by atoms with van der Waals surface area (Å²) in [5, 5.41) is 9.77. The predicted molar refractivity (Wildman–Crippen MR) is 67.4 cm³/mol. The molecule has 0 saturated carbocycles. The highest BCUT2D eigenvalue weighted by atomic mass is 19.4. The summed E-state index contributed by atoms with van der Waals surface area (Å²) in [6, 6.07) is 1.76. The van der Waals surface area contributed by atoms with Crippen molar-refractivity contribution < 1.29 is 26.3 Å². The SMILES string of the molecule is CN(Cc1cn(C)nc1C(F)(F)F)c1ccc(C(F)(F)F)nn1. The number of halogens is 6. The second-order valence-electron chi connectivity index (χ2n) is 4.80. The first-order chi connectivity index (χ1) is 10.5. The minimum Gasteiger partial charge on any atom is -0.354 e. The van der Waals surface area contributed by atoms with E-state index in [-0.39, 0.29) is 17.9 Å². The number of rotatable bonds is 3. The van der Waals surface area contributed by atoms with Gasteiger partial charge in [0, 0.05) is 32.4 Å². The molecule has 2 heterocycles. The van der Waals surface area contributed by atoms with Crippen molar-refractivity contribution in [3.63, 3.8) is 0 Å². The highest BCUT2D eigenvalue weighted by molar-refractivity contribution is 5.38. The van der Waals surface area contributed by atoms with E-state index < -0.39 is 23.7 Å². The molecule has 126 valence electrons. The third kappa shape index (κ3) is 3.90. The van der Waals surface area contributed by atoms with Gasteiger partial charge in [0.25, 0.3) is 0 Å². The van der Waals surface area contributed by atoms with Crippen LogP contribution < -0.4 is 4.90 Å². The Hall–Kier alpha value is -2.33. The van der Waals surface area contributed by atoms with E-state index in [1.807, 2.05) is 0 Å². The molecular formula is C12H11F6N5. The van der Waals surface area contributed by atoms with Gasteiger partial charge in [0.1, 0.15) is 0 Å². The van der Waals surface area contributed by atoms with Crippen molar-refractivity contribution in [2.75, 3.05) is 11.9 Å². The molecule has 0 aliphatic rings. The highest BCUT2D eigenvalue weighted by Crippen LogP contribution is 2.32. The van der Waals surface area contributed by atoms with Crippen LogP contribution in [-0.2, 0) is 25.9 Å². The van der Waals surface area contributed by atoms with Crippen LogP contribution in [0.15, 0.2) is 18.3 Å². The number of hydrogen-bond acceptors (Lipinski definition) is 4. The van der Waals surface area contributed by atoms with Crippen LogP contribution in [0.1, 0.15) is 17.0 Å². The molecule has 0 aliphatic heterocycles. The predicted octanol–water partition coefficient (Wildman–Crippen LogP) is 2.88. The van der Waals surface area contributed by atoms with Gasteiger partial charge >= 0.3 is 12.4 Å². The summed E-state index contributed by atoms with van der Waals surface area (Å²) in [6.07, 6.45) is -8.06. The van der Waals surface area contributed by atoms with Gasteiger partial charge in [-0.05, 0) is 12.1 Å². The van der Waals surface area contributed by atoms with Crippen LogP contribution in [0.4, 0.5) is 32.2 Å². The van der Waals surface area contributed by atoms with Crippen LogP contribution in [0.3, 0.4) is 0 Å². The van der Waals surface area contributed by atoms with Crippen molar-refractivity contribution in [3.05, 3.63) is 35.3 Å². The third-order valence-electron chi connectivity index (χ3n) is 2.91. The lowest BCUT2D eigenvalue weighted by Gasteiger charge is -2.18. The van der Waals surface area contributed by atoms with Crippen LogP contribution in [0.2, 0.25) is 0 Å². The van der Waals surface area contributed by atoms with Gasteiger partial charge in [0.15, 0.2) is 17.2 Å². The number of nitrogens with zero attached hydrogens (tertiary/aromatic N) is 5. The van der Waals surface area contributed by atoms with Crippen LogP contribution in [0.5, 0.6) is 0 Å². The van der Waals surface area contributed by atoms with Crippen LogP contribution in [-0.4, -0.2) is 27.0 Å². The lowest BCUT2D eigenvalue weighted by atomic mass is 10.2. The molecule has 0 spiro atoms. The van der Waals surface area contributed by atoms with E-state index in [4.69, 9.17) is 0 Å². The zero-order chi connectivity index (χ0) is 17.4. The Morgan fingerprint density at radius 2 is 1.70 bits per heavy atom. The molecule has 0 aromatic carbocycles. The maximum absolute atomic E-state index is 12.9. The van der Waals surface area contributed by atoms with Crippen molar-refractivity contribution >= 4 is 5.82 Å². The number of aryl methyl sites for hydroxylation is 1. The summed E-state index contributed by atoms with van der Waals surface area (Å²) in [4.78, 5) is 1.25. The van der Waals surface area contributed by atoms with Gasteiger partial charge < -0.3 is 4.90 Å². The molecule has 0 N–H and O–H groups in total. The normalized spacial score (nSPS) is 12.5.